The summed E-state index contributed by atoms with van der Waals surface area (Å²) in [5.74, 6) is -0.609. The number of methoxy groups -OCH3 is 1. The van der Waals surface area contributed by atoms with Crippen molar-refractivity contribution >= 4 is 40.2 Å². The van der Waals surface area contributed by atoms with E-state index in [0.29, 0.717) is 4.32 Å². The van der Waals surface area contributed by atoms with E-state index in [1.165, 1.54) is 18.9 Å². The van der Waals surface area contributed by atoms with Gasteiger partial charge >= 0.3 is 5.97 Å². The van der Waals surface area contributed by atoms with E-state index in [1.54, 1.807) is 0 Å². The first-order chi connectivity index (χ1) is 5.63. The SMILES string of the molecule is COC(=O)CC1SC(=S)NC1=O. The second-order valence-electron chi connectivity index (χ2n) is 2.16. The van der Waals surface area contributed by atoms with Crippen LogP contribution in [0.2, 0.25) is 0 Å². The lowest BCUT2D eigenvalue weighted by Gasteiger charge is -2.01. The highest BCUT2D eigenvalue weighted by Crippen LogP contribution is 2.22. The lowest BCUT2D eigenvalue weighted by atomic mass is 10.3. The number of esters is 1. The van der Waals surface area contributed by atoms with Crippen LogP contribution in [0.25, 0.3) is 0 Å². The van der Waals surface area contributed by atoms with Gasteiger partial charge < -0.3 is 10.1 Å². The van der Waals surface area contributed by atoms with Crippen LogP contribution >= 0.6 is 24.0 Å². The standard InChI is InChI=1S/C6H7NO3S2/c1-10-4(8)2-3-5(9)7-6(11)12-3/h3H,2H2,1H3,(H,7,9,11). The van der Waals surface area contributed by atoms with E-state index in [9.17, 15) is 9.59 Å². The van der Waals surface area contributed by atoms with E-state index < -0.39 is 11.2 Å². The van der Waals surface area contributed by atoms with E-state index in [2.05, 4.69) is 10.1 Å². The van der Waals surface area contributed by atoms with Crippen molar-refractivity contribution in [1.82, 2.24) is 5.32 Å². The Labute approximate surface area is 79.0 Å². The van der Waals surface area contributed by atoms with Crippen LogP contribution in [-0.4, -0.2) is 28.6 Å². The molecule has 0 aliphatic carbocycles. The molecule has 1 rings (SSSR count). The van der Waals surface area contributed by atoms with Gasteiger partial charge in [-0.05, 0) is 0 Å². The van der Waals surface area contributed by atoms with Gasteiger partial charge in [0.2, 0.25) is 5.91 Å². The molecule has 1 heterocycles. The van der Waals surface area contributed by atoms with Crippen LogP contribution in [0, 0.1) is 0 Å². The molecule has 12 heavy (non-hydrogen) atoms. The average molecular weight is 205 g/mol. The number of carbonyl (C=O) groups excluding carboxylic acids is 2. The molecule has 1 amide bonds. The average Bonchev–Trinajstić information content (AvgIpc) is 2.30. The van der Waals surface area contributed by atoms with Crippen molar-refractivity contribution < 1.29 is 14.3 Å². The molecule has 0 aromatic carbocycles. The monoisotopic (exact) mass is 205 g/mol. The molecule has 1 aliphatic heterocycles. The summed E-state index contributed by atoms with van der Waals surface area (Å²) in [5, 5.41) is 2.03. The fourth-order valence-electron chi connectivity index (χ4n) is 0.762. The first-order valence-corrected chi connectivity index (χ1v) is 4.50. The molecule has 1 unspecified atom stereocenters. The van der Waals surface area contributed by atoms with Crippen LogP contribution in [0.5, 0.6) is 0 Å². The first-order valence-electron chi connectivity index (χ1n) is 3.22. The normalized spacial score (nSPS) is 22.2. The minimum absolute atomic E-state index is 0.0765. The van der Waals surface area contributed by atoms with Crippen molar-refractivity contribution in [3.05, 3.63) is 0 Å². The van der Waals surface area contributed by atoms with Crippen LogP contribution in [-0.2, 0) is 14.3 Å². The fraction of sp³-hybridized carbons (Fsp3) is 0.500. The number of thiocarbonyl (C=S) groups is 1. The lowest BCUT2D eigenvalue weighted by Crippen LogP contribution is -2.26. The van der Waals surface area contributed by atoms with Crippen molar-refractivity contribution in [1.29, 1.82) is 0 Å². The molecule has 1 aliphatic rings. The topological polar surface area (TPSA) is 55.4 Å². The number of ether oxygens (including phenoxy) is 1. The van der Waals surface area contributed by atoms with Crippen LogP contribution in [0.3, 0.4) is 0 Å². The Morgan fingerprint density at radius 1 is 1.83 bits per heavy atom. The first kappa shape index (κ1) is 9.47. The molecule has 0 aromatic heterocycles. The molecule has 1 fully saturated rings. The number of thioether (sulfide) groups is 1. The van der Waals surface area contributed by atoms with Gasteiger partial charge in [-0.1, -0.05) is 24.0 Å². The third-order valence-corrected chi connectivity index (χ3v) is 2.72. The van der Waals surface area contributed by atoms with E-state index in [1.807, 2.05) is 0 Å². The summed E-state index contributed by atoms with van der Waals surface area (Å²) >= 11 is 5.93. The molecule has 0 saturated carbocycles. The molecular formula is C6H7NO3S2. The van der Waals surface area contributed by atoms with Crippen LogP contribution in [0.15, 0.2) is 0 Å². The quantitative estimate of drug-likeness (QED) is 0.510. The van der Waals surface area contributed by atoms with Gasteiger partial charge in [-0.3, -0.25) is 9.59 Å². The molecule has 1 N–H and O–H groups in total. The molecule has 0 aromatic rings. The summed E-state index contributed by atoms with van der Waals surface area (Å²) in [7, 11) is 1.29. The summed E-state index contributed by atoms with van der Waals surface area (Å²) in [4.78, 5) is 21.8. The summed E-state index contributed by atoms with van der Waals surface area (Å²) in [6.45, 7) is 0. The zero-order chi connectivity index (χ0) is 9.14. The smallest absolute Gasteiger partial charge is 0.307 e. The number of amides is 1. The molecule has 1 saturated heterocycles. The van der Waals surface area contributed by atoms with Crippen molar-refractivity contribution in [2.24, 2.45) is 0 Å². The minimum atomic E-state index is -0.412. The molecular weight excluding hydrogens is 198 g/mol. The number of carbonyl (C=O) groups is 2. The van der Waals surface area contributed by atoms with Crippen LogP contribution in [0.4, 0.5) is 0 Å². The van der Waals surface area contributed by atoms with Gasteiger partial charge in [0.1, 0.15) is 9.57 Å². The maximum absolute atomic E-state index is 11.0. The second kappa shape index (κ2) is 3.86. The van der Waals surface area contributed by atoms with Gasteiger partial charge in [0.05, 0.1) is 13.5 Å². The number of hydrogen-bond acceptors (Lipinski definition) is 5. The highest BCUT2D eigenvalue weighted by atomic mass is 32.2. The Hall–Kier alpha value is -0.620. The molecule has 0 radical (unpaired) electrons. The zero-order valence-corrected chi connectivity index (χ0v) is 7.96. The summed E-state index contributed by atoms with van der Waals surface area (Å²) in [5.41, 5.74) is 0. The third kappa shape index (κ3) is 2.18. The van der Waals surface area contributed by atoms with Gasteiger partial charge in [-0.15, -0.1) is 0 Å². The fourth-order valence-corrected chi connectivity index (χ4v) is 2.01. The maximum Gasteiger partial charge on any atom is 0.307 e. The summed E-state index contributed by atoms with van der Waals surface area (Å²) in [6.07, 6.45) is 0.0765. The molecule has 66 valence electrons. The maximum atomic E-state index is 11.0. The zero-order valence-electron chi connectivity index (χ0n) is 6.33. The summed E-state index contributed by atoms with van der Waals surface area (Å²) in [6, 6.07) is 0. The van der Waals surface area contributed by atoms with Crippen LogP contribution in [0.1, 0.15) is 6.42 Å². The molecule has 1 atom stereocenters. The van der Waals surface area contributed by atoms with Gasteiger partial charge in [-0.2, -0.15) is 0 Å². The predicted molar refractivity (Wildman–Crippen MR) is 48.8 cm³/mol. The van der Waals surface area contributed by atoms with Gasteiger partial charge in [0.15, 0.2) is 0 Å². The van der Waals surface area contributed by atoms with E-state index in [4.69, 9.17) is 12.2 Å². The molecule has 4 nitrogen and oxygen atoms in total. The Morgan fingerprint density at radius 2 is 2.50 bits per heavy atom. The molecule has 0 spiro atoms. The highest BCUT2D eigenvalue weighted by Gasteiger charge is 2.31. The van der Waals surface area contributed by atoms with E-state index >= 15 is 0 Å². The summed E-state index contributed by atoms with van der Waals surface area (Å²) < 4.78 is 4.85. The van der Waals surface area contributed by atoms with Gasteiger partial charge in [0.25, 0.3) is 0 Å². The number of hydrogen-bond donors (Lipinski definition) is 1. The number of rotatable bonds is 2. The van der Waals surface area contributed by atoms with Crippen molar-refractivity contribution in [3.8, 4) is 0 Å². The largest absolute Gasteiger partial charge is 0.469 e. The Balaban J connectivity index is 2.48. The van der Waals surface area contributed by atoms with Gasteiger partial charge in [-0.25, -0.2) is 0 Å². The lowest BCUT2D eigenvalue weighted by molar-refractivity contribution is -0.141. The van der Waals surface area contributed by atoms with Gasteiger partial charge in [0, 0.05) is 0 Å². The highest BCUT2D eigenvalue weighted by molar-refractivity contribution is 8.24. The Bertz CT molecular complexity index is 241. The van der Waals surface area contributed by atoms with Crippen molar-refractivity contribution in [2.75, 3.05) is 7.11 Å². The predicted octanol–water partition coefficient (Wildman–Crippen LogP) is 0.0660. The van der Waals surface area contributed by atoms with Crippen molar-refractivity contribution in [3.63, 3.8) is 0 Å². The Kier molecular flexibility index (Phi) is 3.05. The van der Waals surface area contributed by atoms with E-state index in [-0.39, 0.29) is 12.3 Å². The van der Waals surface area contributed by atoms with Crippen molar-refractivity contribution in [2.45, 2.75) is 11.7 Å². The molecule has 6 heteroatoms. The third-order valence-electron chi connectivity index (χ3n) is 1.35. The minimum Gasteiger partial charge on any atom is -0.469 e. The van der Waals surface area contributed by atoms with E-state index in [0.717, 1.165) is 0 Å². The van der Waals surface area contributed by atoms with Crippen LogP contribution < -0.4 is 5.32 Å². The number of nitrogens with one attached hydrogen (secondary N) is 1. The Morgan fingerprint density at radius 3 is 2.92 bits per heavy atom. The second-order valence-corrected chi connectivity index (χ2v) is 4.04. The molecule has 0 bridgehead atoms.